The van der Waals surface area contributed by atoms with Crippen LogP contribution in [0.25, 0.3) is 0 Å². The molecular formula is C16H31NO2. The molecule has 1 fully saturated rings. The number of carbonyl (C=O) groups excluding carboxylic acids is 1. The highest BCUT2D eigenvalue weighted by atomic mass is 16.5. The first-order chi connectivity index (χ1) is 9.09. The molecule has 0 aromatic rings. The summed E-state index contributed by atoms with van der Waals surface area (Å²) in [5.41, 5.74) is 0.541. The Morgan fingerprint density at radius 3 is 2.79 bits per heavy atom. The molecule has 1 heterocycles. The second kappa shape index (κ2) is 8.57. The summed E-state index contributed by atoms with van der Waals surface area (Å²) in [5, 5.41) is 0. The molecule has 0 aromatic carbocycles. The lowest BCUT2D eigenvalue weighted by Crippen LogP contribution is -2.41. The van der Waals surface area contributed by atoms with Gasteiger partial charge in [-0.15, -0.1) is 0 Å². The van der Waals surface area contributed by atoms with Gasteiger partial charge in [0, 0.05) is 13.0 Å². The molecular weight excluding hydrogens is 238 g/mol. The average Bonchev–Trinajstić information content (AvgIpc) is 2.38. The largest absolute Gasteiger partial charge is 0.469 e. The van der Waals surface area contributed by atoms with E-state index in [0.717, 1.165) is 12.8 Å². The zero-order valence-corrected chi connectivity index (χ0v) is 13.0. The molecule has 1 aliphatic rings. The standard InChI is InChI=1S/C16H31NO2/c1-4-10-16(2)11-8-13-17(14-16)12-7-5-6-9-15(18)19-3/h4-14H2,1-3H3. The number of hydrogen-bond donors (Lipinski definition) is 0. The number of carbonyl (C=O) groups is 1. The lowest BCUT2D eigenvalue weighted by molar-refractivity contribution is -0.140. The van der Waals surface area contributed by atoms with E-state index in [-0.39, 0.29) is 5.97 Å². The van der Waals surface area contributed by atoms with Crippen LogP contribution in [0.2, 0.25) is 0 Å². The molecule has 3 nitrogen and oxygen atoms in total. The first kappa shape index (κ1) is 16.5. The minimum Gasteiger partial charge on any atom is -0.469 e. The minimum absolute atomic E-state index is 0.0755. The van der Waals surface area contributed by atoms with Crippen molar-refractivity contribution in [2.45, 2.75) is 65.2 Å². The van der Waals surface area contributed by atoms with E-state index in [2.05, 4.69) is 23.5 Å². The van der Waals surface area contributed by atoms with Gasteiger partial charge in [-0.05, 0) is 50.6 Å². The lowest BCUT2D eigenvalue weighted by atomic mass is 9.78. The number of hydrogen-bond acceptors (Lipinski definition) is 3. The quantitative estimate of drug-likeness (QED) is 0.498. The summed E-state index contributed by atoms with van der Waals surface area (Å²) < 4.78 is 4.65. The van der Waals surface area contributed by atoms with E-state index in [1.165, 1.54) is 58.8 Å². The SMILES string of the molecule is CCCC1(C)CCCN(CCCCCC(=O)OC)C1. The van der Waals surface area contributed by atoms with Crippen molar-refractivity contribution in [2.24, 2.45) is 5.41 Å². The van der Waals surface area contributed by atoms with Crippen LogP contribution in [0.5, 0.6) is 0 Å². The monoisotopic (exact) mass is 269 g/mol. The fourth-order valence-electron chi connectivity index (χ4n) is 3.31. The third-order valence-electron chi connectivity index (χ3n) is 4.30. The third kappa shape index (κ3) is 6.42. The molecule has 19 heavy (non-hydrogen) atoms. The second-order valence-corrected chi connectivity index (χ2v) is 6.33. The Bertz CT molecular complexity index is 263. The Morgan fingerprint density at radius 1 is 1.32 bits per heavy atom. The predicted molar refractivity (Wildman–Crippen MR) is 79.2 cm³/mol. The molecule has 3 heteroatoms. The highest BCUT2D eigenvalue weighted by Gasteiger charge is 2.29. The Kier molecular flexibility index (Phi) is 7.44. The van der Waals surface area contributed by atoms with E-state index >= 15 is 0 Å². The van der Waals surface area contributed by atoms with Crippen molar-refractivity contribution in [3.05, 3.63) is 0 Å². The van der Waals surface area contributed by atoms with Gasteiger partial charge in [0.15, 0.2) is 0 Å². The highest BCUT2D eigenvalue weighted by Crippen LogP contribution is 2.33. The summed E-state index contributed by atoms with van der Waals surface area (Å²) in [6.45, 7) is 8.45. The normalized spacial score (nSPS) is 24.4. The molecule has 0 aromatic heterocycles. The molecule has 1 atom stereocenters. The smallest absolute Gasteiger partial charge is 0.305 e. The van der Waals surface area contributed by atoms with Gasteiger partial charge in [-0.1, -0.05) is 26.7 Å². The predicted octanol–water partition coefficient (Wildman–Crippen LogP) is 3.62. The summed E-state index contributed by atoms with van der Waals surface area (Å²) in [6.07, 6.45) is 9.26. The molecule has 0 aliphatic carbocycles. The van der Waals surface area contributed by atoms with Gasteiger partial charge in [-0.25, -0.2) is 0 Å². The Morgan fingerprint density at radius 2 is 2.11 bits per heavy atom. The fourth-order valence-corrected chi connectivity index (χ4v) is 3.31. The molecule has 0 saturated carbocycles. The van der Waals surface area contributed by atoms with Gasteiger partial charge in [-0.2, -0.15) is 0 Å². The number of ether oxygens (including phenoxy) is 1. The van der Waals surface area contributed by atoms with Gasteiger partial charge in [0.2, 0.25) is 0 Å². The van der Waals surface area contributed by atoms with E-state index in [1.54, 1.807) is 0 Å². The molecule has 1 aliphatic heterocycles. The second-order valence-electron chi connectivity index (χ2n) is 6.33. The van der Waals surface area contributed by atoms with Crippen molar-refractivity contribution in [3.63, 3.8) is 0 Å². The molecule has 1 saturated heterocycles. The highest BCUT2D eigenvalue weighted by molar-refractivity contribution is 5.68. The van der Waals surface area contributed by atoms with E-state index < -0.39 is 0 Å². The van der Waals surface area contributed by atoms with Gasteiger partial charge in [0.05, 0.1) is 7.11 Å². The van der Waals surface area contributed by atoms with Gasteiger partial charge < -0.3 is 9.64 Å². The van der Waals surface area contributed by atoms with E-state index in [0.29, 0.717) is 11.8 Å². The van der Waals surface area contributed by atoms with Gasteiger partial charge in [0.1, 0.15) is 0 Å². The first-order valence-corrected chi connectivity index (χ1v) is 7.89. The fraction of sp³-hybridized carbons (Fsp3) is 0.938. The van der Waals surface area contributed by atoms with Crippen molar-refractivity contribution < 1.29 is 9.53 Å². The van der Waals surface area contributed by atoms with E-state index in [4.69, 9.17) is 0 Å². The Labute approximate surface area is 118 Å². The summed E-state index contributed by atoms with van der Waals surface area (Å²) in [7, 11) is 1.46. The molecule has 0 N–H and O–H groups in total. The summed E-state index contributed by atoms with van der Waals surface area (Å²) in [6, 6.07) is 0. The maximum Gasteiger partial charge on any atom is 0.305 e. The van der Waals surface area contributed by atoms with Crippen molar-refractivity contribution in [2.75, 3.05) is 26.7 Å². The topological polar surface area (TPSA) is 29.5 Å². The first-order valence-electron chi connectivity index (χ1n) is 7.89. The van der Waals surface area contributed by atoms with Crippen LogP contribution in [0, 0.1) is 5.41 Å². The molecule has 112 valence electrons. The number of esters is 1. The molecule has 0 amide bonds. The number of rotatable bonds is 8. The van der Waals surface area contributed by atoms with Crippen LogP contribution in [-0.2, 0) is 9.53 Å². The van der Waals surface area contributed by atoms with E-state index in [9.17, 15) is 4.79 Å². The number of piperidine rings is 1. The van der Waals surface area contributed by atoms with Crippen LogP contribution in [0.15, 0.2) is 0 Å². The number of nitrogens with zero attached hydrogens (tertiary/aromatic N) is 1. The van der Waals surface area contributed by atoms with Crippen molar-refractivity contribution in [1.82, 2.24) is 4.90 Å². The van der Waals surface area contributed by atoms with Crippen molar-refractivity contribution in [3.8, 4) is 0 Å². The van der Waals surface area contributed by atoms with Gasteiger partial charge in [-0.3, -0.25) is 4.79 Å². The van der Waals surface area contributed by atoms with Crippen LogP contribution in [0.3, 0.4) is 0 Å². The zero-order valence-electron chi connectivity index (χ0n) is 13.0. The number of unbranched alkanes of at least 4 members (excludes halogenated alkanes) is 2. The summed E-state index contributed by atoms with van der Waals surface area (Å²) >= 11 is 0. The minimum atomic E-state index is -0.0755. The van der Waals surface area contributed by atoms with Crippen LogP contribution in [0.4, 0.5) is 0 Å². The van der Waals surface area contributed by atoms with Gasteiger partial charge in [0.25, 0.3) is 0 Å². The van der Waals surface area contributed by atoms with Crippen LogP contribution in [0.1, 0.15) is 65.2 Å². The molecule has 0 bridgehead atoms. The van der Waals surface area contributed by atoms with Crippen molar-refractivity contribution in [1.29, 1.82) is 0 Å². The van der Waals surface area contributed by atoms with Gasteiger partial charge >= 0.3 is 5.97 Å². The maximum atomic E-state index is 11.0. The van der Waals surface area contributed by atoms with Crippen LogP contribution < -0.4 is 0 Å². The zero-order chi connectivity index (χ0) is 14.1. The summed E-state index contributed by atoms with van der Waals surface area (Å²) in [5.74, 6) is -0.0755. The molecule has 1 unspecified atom stereocenters. The molecule has 0 spiro atoms. The average molecular weight is 269 g/mol. The van der Waals surface area contributed by atoms with Crippen molar-refractivity contribution >= 4 is 5.97 Å². The van der Waals surface area contributed by atoms with Crippen LogP contribution >= 0.6 is 0 Å². The summed E-state index contributed by atoms with van der Waals surface area (Å²) in [4.78, 5) is 13.6. The van der Waals surface area contributed by atoms with Crippen LogP contribution in [-0.4, -0.2) is 37.6 Å². The molecule has 1 rings (SSSR count). The Hall–Kier alpha value is -0.570. The lowest BCUT2D eigenvalue weighted by Gasteiger charge is -2.40. The maximum absolute atomic E-state index is 11.0. The molecule has 0 radical (unpaired) electrons. The van der Waals surface area contributed by atoms with E-state index in [1.807, 2.05) is 0 Å². The number of likely N-dealkylation sites (tertiary alicyclic amines) is 1. The number of methoxy groups -OCH3 is 1. The third-order valence-corrected chi connectivity index (χ3v) is 4.30. The Balaban J connectivity index is 2.14.